The third-order valence-electron chi connectivity index (χ3n) is 3.78. The van der Waals surface area contributed by atoms with Crippen LogP contribution in [-0.2, 0) is 9.47 Å². The van der Waals surface area contributed by atoms with Crippen molar-refractivity contribution in [2.75, 3.05) is 19.8 Å². The van der Waals surface area contributed by atoms with Crippen molar-refractivity contribution in [1.29, 1.82) is 5.26 Å². The molecule has 0 N–H and O–H groups in total. The molecule has 1 unspecified atom stereocenters. The molecular formula is C16H20N4O2Sn. The van der Waals surface area contributed by atoms with Gasteiger partial charge in [-0.1, -0.05) is 0 Å². The summed E-state index contributed by atoms with van der Waals surface area (Å²) in [6, 6.07) is 6.27. The van der Waals surface area contributed by atoms with Crippen LogP contribution in [0, 0.1) is 11.3 Å². The Kier molecular flexibility index (Phi) is 4.71. The minimum atomic E-state index is -2.29. The van der Waals surface area contributed by atoms with Crippen LogP contribution in [0.1, 0.15) is 11.9 Å². The van der Waals surface area contributed by atoms with E-state index in [1.165, 1.54) is 0 Å². The van der Waals surface area contributed by atoms with Crippen LogP contribution >= 0.6 is 0 Å². The number of hydrogen-bond acceptors (Lipinski definition) is 5. The van der Waals surface area contributed by atoms with E-state index in [1.807, 2.05) is 12.3 Å². The monoisotopic (exact) mass is 420 g/mol. The van der Waals surface area contributed by atoms with Crippen LogP contribution in [0.3, 0.4) is 0 Å². The van der Waals surface area contributed by atoms with Gasteiger partial charge in [-0.2, -0.15) is 0 Å². The molecule has 1 aliphatic rings. The molecule has 3 heterocycles. The van der Waals surface area contributed by atoms with Crippen molar-refractivity contribution in [3.63, 3.8) is 0 Å². The summed E-state index contributed by atoms with van der Waals surface area (Å²) in [4.78, 5) is 11.5. The Labute approximate surface area is 139 Å². The number of pyridine rings is 1. The van der Waals surface area contributed by atoms with Gasteiger partial charge in [0.05, 0.1) is 0 Å². The third-order valence-corrected chi connectivity index (χ3v) is 8.96. The molecule has 1 aliphatic heterocycles. The summed E-state index contributed by atoms with van der Waals surface area (Å²) >= 11 is -2.29. The molecule has 7 heteroatoms. The molecule has 0 aliphatic carbocycles. The van der Waals surface area contributed by atoms with Gasteiger partial charge >= 0.3 is 140 Å². The van der Waals surface area contributed by atoms with Crippen molar-refractivity contribution >= 4 is 22.1 Å². The Morgan fingerprint density at radius 3 is 2.78 bits per heavy atom. The van der Waals surface area contributed by atoms with Crippen LogP contribution < -0.4 is 3.71 Å². The average molecular weight is 419 g/mol. The van der Waals surface area contributed by atoms with Gasteiger partial charge in [-0.25, -0.2) is 0 Å². The van der Waals surface area contributed by atoms with Crippen molar-refractivity contribution < 1.29 is 9.47 Å². The fraction of sp³-hybridized carbons (Fsp3) is 0.438. The molecule has 0 saturated carbocycles. The maximum absolute atomic E-state index is 9.46. The fourth-order valence-corrected chi connectivity index (χ4v) is 5.40. The van der Waals surface area contributed by atoms with E-state index in [4.69, 9.17) is 9.47 Å². The molecular weight excluding hydrogens is 399 g/mol. The summed E-state index contributed by atoms with van der Waals surface area (Å²) in [6.45, 7) is 1.67. The average Bonchev–Trinajstić information content (AvgIpc) is 3.04. The van der Waals surface area contributed by atoms with E-state index >= 15 is 0 Å². The van der Waals surface area contributed by atoms with Gasteiger partial charge in [0.15, 0.2) is 0 Å². The van der Waals surface area contributed by atoms with Crippen molar-refractivity contribution in [3.8, 4) is 17.2 Å². The van der Waals surface area contributed by atoms with Gasteiger partial charge < -0.3 is 0 Å². The van der Waals surface area contributed by atoms with Crippen LogP contribution in [0.15, 0.2) is 24.5 Å². The summed E-state index contributed by atoms with van der Waals surface area (Å²) < 4.78 is 13.9. The van der Waals surface area contributed by atoms with Crippen LogP contribution in [0.2, 0.25) is 14.8 Å². The summed E-state index contributed by atoms with van der Waals surface area (Å²) in [5.74, 6) is 0. The molecule has 0 amide bonds. The van der Waals surface area contributed by atoms with Crippen molar-refractivity contribution in [2.24, 2.45) is 0 Å². The molecule has 3 rings (SSSR count). The van der Waals surface area contributed by atoms with Crippen molar-refractivity contribution in [3.05, 3.63) is 30.2 Å². The zero-order valence-electron chi connectivity index (χ0n) is 13.6. The van der Waals surface area contributed by atoms with Crippen LogP contribution in [-0.4, -0.2) is 53.0 Å². The van der Waals surface area contributed by atoms with Crippen molar-refractivity contribution in [2.45, 2.75) is 21.0 Å². The van der Waals surface area contributed by atoms with Gasteiger partial charge in [0.1, 0.15) is 0 Å². The summed E-state index contributed by atoms with van der Waals surface area (Å²) in [5, 5.41) is 13.8. The Morgan fingerprint density at radius 2 is 2.13 bits per heavy atom. The quantitative estimate of drug-likeness (QED) is 0.712. The van der Waals surface area contributed by atoms with Gasteiger partial charge in [-0.3, -0.25) is 0 Å². The number of hydrogen-bond donors (Lipinski definition) is 0. The first-order chi connectivity index (χ1) is 11.0. The van der Waals surface area contributed by atoms with Gasteiger partial charge in [0.25, 0.3) is 0 Å². The van der Waals surface area contributed by atoms with E-state index in [0.717, 1.165) is 14.8 Å². The molecule has 0 aromatic carbocycles. The molecule has 1 saturated heterocycles. The van der Waals surface area contributed by atoms with Gasteiger partial charge in [0.2, 0.25) is 0 Å². The number of nitrogens with zero attached hydrogens (tertiary/aromatic N) is 4. The molecule has 1 fully saturated rings. The van der Waals surface area contributed by atoms with E-state index in [9.17, 15) is 5.26 Å². The zero-order chi connectivity index (χ0) is 16.4. The number of ether oxygens (including phenoxy) is 2. The van der Waals surface area contributed by atoms with Crippen LogP contribution in [0.5, 0.6) is 0 Å². The van der Waals surface area contributed by atoms with E-state index in [0.29, 0.717) is 25.5 Å². The maximum atomic E-state index is 9.46. The van der Waals surface area contributed by atoms with E-state index in [1.54, 1.807) is 10.9 Å². The normalized spacial score (nSPS) is 18.6. The van der Waals surface area contributed by atoms with E-state index < -0.39 is 18.4 Å². The molecule has 6 nitrogen and oxygen atoms in total. The molecule has 23 heavy (non-hydrogen) atoms. The summed E-state index contributed by atoms with van der Waals surface area (Å²) in [5.41, 5.74) is 2.16. The summed E-state index contributed by atoms with van der Waals surface area (Å²) in [7, 11) is 0. The third kappa shape index (κ3) is 3.57. The molecule has 0 radical (unpaired) electrons. The Balaban J connectivity index is 1.93. The molecule has 1 atom stereocenters. The predicted octanol–water partition coefficient (Wildman–Crippen LogP) is 1.91. The second-order valence-electron chi connectivity index (χ2n) is 6.56. The molecule has 0 spiro atoms. The van der Waals surface area contributed by atoms with Crippen LogP contribution in [0.25, 0.3) is 11.1 Å². The number of nitriles is 1. The number of rotatable bonds is 3. The van der Waals surface area contributed by atoms with Crippen LogP contribution in [0.4, 0.5) is 0 Å². The van der Waals surface area contributed by atoms with Gasteiger partial charge in [0, 0.05) is 0 Å². The SMILES string of the molecule is [CH3][Sn]([CH3])([CH3])[c]1ccc(-c2cnn(C3COCCO3)c2)c(C#N)n1. The summed E-state index contributed by atoms with van der Waals surface area (Å²) in [6.07, 6.45) is 3.42. The first-order valence-electron chi connectivity index (χ1n) is 7.64. The molecule has 2 aromatic heterocycles. The number of aromatic nitrogens is 3. The van der Waals surface area contributed by atoms with Gasteiger partial charge in [-0.05, 0) is 0 Å². The van der Waals surface area contributed by atoms with E-state index in [2.05, 4.69) is 37.0 Å². The Hall–Kier alpha value is -1.43. The van der Waals surface area contributed by atoms with E-state index in [-0.39, 0.29) is 6.23 Å². The second-order valence-corrected chi connectivity index (χ2v) is 20.9. The standard InChI is InChI=1S/C13H11N4O2.3CH3.Sn/c14-6-12-11(2-1-3-15-12)10-7-16-17(8-10)13-9-18-4-5-19-13;;;;/h1-2,7-8,13H,4-5,9H2;3*1H3;. The zero-order valence-corrected chi connectivity index (χ0v) is 16.5. The Morgan fingerprint density at radius 1 is 1.30 bits per heavy atom. The molecule has 2 aromatic rings. The second kappa shape index (κ2) is 6.59. The fourth-order valence-electron chi connectivity index (χ4n) is 2.46. The Bertz CT molecular complexity index is 739. The van der Waals surface area contributed by atoms with Gasteiger partial charge in [-0.15, -0.1) is 0 Å². The predicted molar refractivity (Wildman–Crippen MR) is 89.0 cm³/mol. The first kappa shape index (κ1) is 16.4. The van der Waals surface area contributed by atoms with Crippen molar-refractivity contribution in [1.82, 2.24) is 14.8 Å². The molecule has 120 valence electrons. The topological polar surface area (TPSA) is 73.0 Å². The minimum absolute atomic E-state index is 0.207. The first-order valence-corrected chi connectivity index (χ1v) is 17.6. The molecule has 0 bridgehead atoms.